The lowest BCUT2D eigenvalue weighted by Gasteiger charge is -2.17. The molecule has 0 bridgehead atoms. The summed E-state index contributed by atoms with van der Waals surface area (Å²) >= 11 is 0. The van der Waals surface area contributed by atoms with Gasteiger partial charge in [-0.05, 0) is 37.0 Å². The van der Waals surface area contributed by atoms with Crippen LogP contribution in [-0.4, -0.2) is 15.7 Å². The highest BCUT2D eigenvalue weighted by Gasteiger charge is 2.60. The van der Waals surface area contributed by atoms with E-state index in [1.807, 2.05) is 30.1 Å². The summed E-state index contributed by atoms with van der Waals surface area (Å²) < 4.78 is 1.76. The maximum Gasteiger partial charge on any atom is 0.243 e. The van der Waals surface area contributed by atoms with Crippen molar-refractivity contribution in [3.63, 3.8) is 0 Å². The van der Waals surface area contributed by atoms with Crippen LogP contribution in [0.25, 0.3) is 0 Å². The fraction of sp³-hybridized carbons (Fsp3) is 0.333. The van der Waals surface area contributed by atoms with Crippen molar-refractivity contribution in [2.24, 2.45) is 7.05 Å². The molecule has 1 aliphatic carbocycles. The largest absolute Gasteiger partial charge is 0.273 e. The number of benzene rings is 1. The predicted octanol–water partition coefficient (Wildman–Crippen LogP) is 2.44. The van der Waals surface area contributed by atoms with Gasteiger partial charge in [-0.3, -0.25) is 14.4 Å². The van der Waals surface area contributed by atoms with Crippen molar-refractivity contribution in [3.8, 4) is 0 Å². The smallest absolute Gasteiger partial charge is 0.243 e. The fourth-order valence-corrected chi connectivity index (χ4v) is 3.29. The first-order valence-corrected chi connectivity index (χ1v) is 6.58. The maximum absolute atomic E-state index is 12.8. The van der Waals surface area contributed by atoms with E-state index in [0.29, 0.717) is 0 Å². The zero-order valence-electron chi connectivity index (χ0n) is 11.1. The Balaban J connectivity index is 1.99. The molecule has 0 N–H and O–H groups in total. The van der Waals surface area contributed by atoms with E-state index in [9.17, 15) is 4.79 Å². The van der Waals surface area contributed by atoms with Crippen LogP contribution in [0, 0.1) is 6.92 Å². The van der Waals surface area contributed by atoms with Crippen molar-refractivity contribution in [2.75, 3.05) is 4.90 Å². The van der Waals surface area contributed by atoms with E-state index in [2.05, 4.69) is 18.1 Å². The minimum absolute atomic E-state index is 0.209. The third-order valence-corrected chi connectivity index (χ3v) is 4.36. The van der Waals surface area contributed by atoms with Gasteiger partial charge >= 0.3 is 0 Å². The molecular weight excluding hydrogens is 238 g/mol. The number of aromatic nitrogens is 2. The number of fused-ring (bicyclic) bond motifs is 2. The van der Waals surface area contributed by atoms with Crippen LogP contribution in [-0.2, 0) is 17.3 Å². The number of carbonyl (C=O) groups excluding carboxylic acids is 1. The number of aryl methyl sites for hydroxylation is 2. The van der Waals surface area contributed by atoms with Gasteiger partial charge in [0.1, 0.15) is 5.82 Å². The molecular formula is C15H15N3O. The zero-order chi connectivity index (χ0) is 13.2. The number of hydrogen-bond acceptors (Lipinski definition) is 2. The molecule has 1 aromatic heterocycles. The molecule has 4 heteroatoms. The first-order valence-electron chi connectivity index (χ1n) is 6.58. The van der Waals surface area contributed by atoms with Crippen molar-refractivity contribution in [1.82, 2.24) is 9.78 Å². The van der Waals surface area contributed by atoms with Crippen LogP contribution in [0.2, 0.25) is 0 Å². The molecule has 1 aromatic carbocycles. The second-order valence-corrected chi connectivity index (χ2v) is 5.50. The monoisotopic (exact) mass is 253 g/mol. The Morgan fingerprint density at radius 1 is 1.26 bits per heavy atom. The first kappa shape index (κ1) is 10.8. The second-order valence-electron chi connectivity index (χ2n) is 5.50. The fourth-order valence-electron chi connectivity index (χ4n) is 3.29. The third-order valence-electron chi connectivity index (χ3n) is 4.36. The maximum atomic E-state index is 12.8. The van der Waals surface area contributed by atoms with Crippen molar-refractivity contribution in [1.29, 1.82) is 0 Å². The molecule has 0 unspecified atom stereocenters. The normalized spacial score (nSPS) is 19.1. The quantitative estimate of drug-likeness (QED) is 0.783. The SMILES string of the molecule is Cc1cccc2c1C1(CC1)C(=O)N2c1ccnn1C. The Labute approximate surface area is 111 Å². The second kappa shape index (κ2) is 3.26. The minimum atomic E-state index is -0.245. The topological polar surface area (TPSA) is 38.1 Å². The summed E-state index contributed by atoms with van der Waals surface area (Å²) in [5.41, 5.74) is 3.23. The standard InChI is InChI=1S/C15H15N3O/c1-10-4-3-5-11-13(10)15(7-8-15)14(19)18(11)12-6-9-16-17(12)2/h3-6,9H,7-8H2,1-2H3. The van der Waals surface area contributed by atoms with Gasteiger partial charge in [0.05, 0.1) is 17.3 Å². The van der Waals surface area contributed by atoms with Gasteiger partial charge in [-0.1, -0.05) is 12.1 Å². The summed E-state index contributed by atoms with van der Waals surface area (Å²) in [6.07, 6.45) is 3.67. The predicted molar refractivity (Wildman–Crippen MR) is 72.4 cm³/mol. The van der Waals surface area contributed by atoms with Gasteiger partial charge in [0, 0.05) is 13.1 Å². The Morgan fingerprint density at radius 2 is 2.05 bits per heavy atom. The average molecular weight is 253 g/mol. The number of anilines is 2. The minimum Gasteiger partial charge on any atom is -0.273 e. The number of carbonyl (C=O) groups is 1. The lowest BCUT2D eigenvalue weighted by Crippen LogP contribution is -2.29. The van der Waals surface area contributed by atoms with Crippen LogP contribution in [0.15, 0.2) is 30.5 Å². The van der Waals surface area contributed by atoms with Crippen molar-refractivity contribution >= 4 is 17.4 Å². The van der Waals surface area contributed by atoms with E-state index in [-0.39, 0.29) is 11.3 Å². The number of rotatable bonds is 1. The lowest BCUT2D eigenvalue weighted by atomic mass is 9.93. The van der Waals surface area contributed by atoms with Crippen LogP contribution in [0.1, 0.15) is 24.0 Å². The molecule has 4 rings (SSSR count). The van der Waals surface area contributed by atoms with E-state index in [4.69, 9.17) is 0 Å². The molecule has 2 aromatic rings. The average Bonchev–Trinajstić information content (AvgIpc) is 3.02. The van der Waals surface area contributed by atoms with Crippen molar-refractivity contribution in [2.45, 2.75) is 25.2 Å². The molecule has 2 heterocycles. The van der Waals surface area contributed by atoms with Crippen LogP contribution in [0.5, 0.6) is 0 Å². The molecule has 1 saturated carbocycles. The highest BCUT2D eigenvalue weighted by Crippen LogP contribution is 2.59. The van der Waals surface area contributed by atoms with Gasteiger partial charge in [-0.2, -0.15) is 5.10 Å². The Hall–Kier alpha value is -2.10. The van der Waals surface area contributed by atoms with E-state index < -0.39 is 0 Å². The van der Waals surface area contributed by atoms with Crippen molar-refractivity contribution in [3.05, 3.63) is 41.6 Å². The Bertz CT molecular complexity index is 697. The van der Waals surface area contributed by atoms with Gasteiger partial charge in [-0.25, -0.2) is 0 Å². The van der Waals surface area contributed by atoms with E-state index in [1.165, 1.54) is 11.1 Å². The Kier molecular flexibility index (Phi) is 1.85. The molecule has 0 radical (unpaired) electrons. The Morgan fingerprint density at radius 3 is 2.68 bits per heavy atom. The van der Waals surface area contributed by atoms with Gasteiger partial charge in [0.2, 0.25) is 5.91 Å². The first-order chi connectivity index (χ1) is 9.15. The van der Waals surface area contributed by atoms with E-state index in [0.717, 1.165) is 24.3 Å². The molecule has 1 fully saturated rings. The molecule has 4 nitrogen and oxygen atoms in total. The van der Waals surface area contributed by atoms with Crippen LogP contribution >= 0.6 is 0 Å². The molecule has 19 heavy (non-hydrogen) atoms. The van der Waals surface area contributed by atoms with E-state index >= 15 is 0 Å². The van der Waals surface area contributed by atoms with E-state index in [1.54, 1.807) is 10.9 Å². The zero-order valence-corrected chi connectivity index (χ0v) is 11.1. The van der Waals surface area contributed by atoms with Crippen molar-refractivity contribution < 1.29 is 4.79 Å². The molecule has 2 aliphatic rings. The van der Waals surface area contributed by atoms with Gasteiger partial charge < -0.3 is 0 Å². The third kappa shape index (κ3) is 1.19. The summed E-state index contributed by atoms with van der Waals surface area (Å²) in [5, 5.41) is 4.18. The molecule has 1 spiro atoms. The van der Waals surface area contributed by atoms with Crippen LogP contribution < -0.4 is 4.90 Å². The highest BCUT2D eigenvalue weighted by atomic mass is 16.2. The number of hydrogen-bond donors (Lipinski definition) is 0. The highest BCUT2D eigenvalue weighted by molar-refractivity contribution is 6.14. The summed E-state index contributed by atoms with van der Waals surface area (Å²) in [4.78, 5) is 14.7. The molecule has 1 amide bonds. The van der Waals surface area contributed by atoms with Crippen LogP contribution in [0.4, 0.5) is 11.5 Å². The van der Waals surface area contributed by atoms with Gasteiger partial charge in [-0.15, -0.1) is 0 Å². The van der Waals surface area contributed by atoms with Gasteiger partial charge in [0.15, 0.2) is 0 Å². The number of amides is 1. The lowest BCUT2D eigenvalue weighted by molar-refractivity contribution is -0.119. The molecule has 1 aliphatic heterocycles. The summed E-state index contributed by atoms with van der Waals surface area (Å²) in [6.45, 7) is 2.10. The summed E-state index contributed by atoms with van der Waals surface area (Å²) in [6, 6.07) is 8.05. The molecule has 0 atom stereocenters. The molecule has 96 valence electrons. The summed E-state index contributed by atoms with van der Waals surface area (Å²) in [5.74, 6) is 1.06. The molecule has 0 saturated heterocycles. The summed E-state index contributed by atoms with van der Waals surface area (Å²) in [7, 11) is 1.87. The number of nitrogens with zero attached hydrogens (tertiary/aromatic N) is 3. The van der Waals surface area contributed by atoms with Crippen LogP contribution in [0.3, 0.4) is 0 Å². The van der Waals surface area contributed by atoms with Gasteiger partial charge in [0.25, 0.3) is 0 Å².